The first-order chi connectivity index (χ1) is 6.65. The minimum Gasteiger partial charge on any atom is -0.347 e. The Kier molecular flexibility index (Phi) is 3.73. The molecule has 0 heterocycles. The first kappa shape index (κ1) is 10.8. The molecule has 0 aliphatic heterocycles. The smallest absolute Gasteiger partial charge is 0.300 e. The number of halogens is 1. The summed E-state index contributed by atoms with van der Waals surface area (Å²) in [6, 6.07) is 4.46. The van der Waals surface area contributed by atoms with Crippen molar-refractivity contribution < 1.29 is 9.11 Å². The van der Waals surface area contributed by atoms with Crippen LogP contribution in [0, 0.1) is 21.6 Å². The van der Waals surface area contributed by atoms with E-state index in [0.29, 0.717) is 9.37 Å². The van der Waals surface area contributed by atoms with Crippen LogP contribution in [0.2, 0.25) is 0 Å². The van der Waals surface area contributed by atoms with Crippen molar-refractivity contribution in [3.05, 3.63) is 32.8 Å². The lowest BCUT2D eigenvalue weighted by molar-refractivity contribution is -0.385. The van der Waals surface area contributed by atoms with Gasteiger partial charge in [-0.2, -0.15) is 0 Å². The van der Waals surface area contributed by atoms with Crippen LogP contribution in [0.1, 0.15) is 0 Å². The minimum absolute atomic E-state index is 0.0588. The molecule has 0 aliphatic carbocycles. The highest BCUT2D eigenvalue weighted by Crippen LogP contribution is 2.30. The number of nitriles is 1. The van der Waals surface area contributed by atoms with Gasteiger partial charge in [-0.15, -0.1) is 5.26 Å². The van der Waals surface area contributed by atoms with Crippen LogP contribution in [0.15, 0.2) is 27.6 Å². The number of nitro benzene ring substituents is 1. The van der Waals surface area contributed by atoms with Crippen molar-refractivity contribution in [2.45, 2.75) is 4.90 Å². The molecule has 14 heavy (non-hydrogen) atoms. The van der Waals surface area contributed by atoms with Crippen LogP contribution in [-0.4, -0.2) is 4.92 Å². The number of benzene rings is 1. The van der Waals surface area contributed by atoms with Gasteiger partial charge in [0.05, 0.1) is 14.3 Å². The standard InChI is InChI=1S/C7H3BrN2O3S/c8-6-2-1-5(14-13-4-9)3-7(6)10(11)12/h1-3H. The van der Waals surface area contributed by atoms with Crippen molar-refractivity contribution >= 4 is 33.7 Å². The van der Waals surface area contributed by atoms with Crippen molar-refractivity contribution in [2.75, 3.05) is 0 Å². The highest BCUT2D eigenvalue weighted by atomic mass is 79.9. The van der Waals surface area contributed by atoms with Gasteiger partial charge in [0.2, 0.25) is 0 Å². The van der Waals surface area contributed by atoms with E-state index in [1.54, 1.807) is 6.07 Å². The van der Waals surface area contributed by atoms with Gasteiger partial charge in [0.25, 0.3) is 11.9 Å². The van der Waals surface area contributed by atoms with Gasteiger partial charge in [0.1, 0.15) is 12.0 Å². The Labute approximate surface area is 92.2 Å². The first-order valence-corrected chi connectivity index (χ1v) is 4.85. The lowest BCUT2D eigenvalue weighted by atomic mass is 10.3. The molecule has 1 aromatic carbocycles. The molecule has 0 amide bonds. The molecule has 0 saturated heterocycles. The van der Waals surface area contributed by atoms with E-state index in [4.69, 9.17) is 5.26 Å². The fourth-order valence-electron chi connectivity index (χ4n) is 0.751. The van der Waals surface area contributed by atoms with Crippen molar-refractivity contribution in [3.8, 4) is 6.26 Å². The summed E-state index contributed by atoms with van der Waals surface area (Å²) in [5.74, 6) is 0. The molecule has 0 aliphatic rings. The second-order valence-electron chi connectivity index (χ2n) is 2.13. The molecule has 0 bridgehead atoms. The zero-order chi connectivity index (χ0) is 10.6. The monoisotopic (exact) mass is 274 g/mol. The van der Waals surface area contributed by atoms with E-state index in [0.717, 1.165) is 12.0 Å². The summed E-state index contributed by atoms with van der Waals surface area (Å²) in [7, 11) is 0. The number of nitro groups is 1. The van der Waals surface area contributed by atoms with Gasteiger partial charge in [-0.3, -0.25) is 10.1 Å². The largest absolute Gasteiger partial charge is 0.347 e. The summed E-state index contributed by atoms with van der Waals surface area (Å²) >= 11 is 3.82. The number of hydrogen-bond acceptors (Lipinski definition) is 5. The molecular weight excluding hydrogens is 272 g/mol. The molecule has 0 radical (unpaired) electrons. The summed E-state index contributed by atoms with van der Waals surface area (Å²) in [6.45, 7) is 0. The lowest BCUT2D eigenvalue weighted by Gasteiger charge is -1.98. The maximum absolute atomic E-state index is 10.5. The first-order valence-electron chi connectivity index (χ1n) is 3.31. The molecule has 5 nitrogen and oxygen atoms in total. The molecule has 0 N–H and O–H groups in total. The third kappa shape index (κ3) is 2.61. The van der Waals surface area contributed by atoms with E-state index < -0.39 is 4.92 Å². The Balaban J connectivity index is 2.96. The fraction of sp³-hybridized carbons (Fsp3) is 0. The van der Waals surface area contributed by atoms with E-state index >= 15 is 0 Å². The zero-order valence-electron chi connectivity index (χ0n) is 6.64. The summed E-state index contributed by atoms with van der Waals surface area (Å²) in [5, 5.41) is 18.6. The van der Waals surface area contributed by atoms with E-state index in [9.17, 15) is 10.1 Å². The van der Waals surface area contributed by atoms with Crippen LogP contribution < -0.4 is 0 Å². The maximum atomic E-state index is 10.5. The predicted octanol–water partition coefficient (Wildman–Crippen LogP) is 2.86. The highest BCUT2D eigenvalue weighted by Gasteiger charge is 2.12. The normalized spacial score (nSPS) is 9.14. The second-order valence-corrected chi connectivity index (χ2v) is 3.79. The molecule has 0 atom stereocenters. The Morgan fingerprint density at radius 1 is 1.64 bits per heavy atom. The van der Waals surface area contributed by atoms with Crippen molar-refractivity contribution in [3.63, 3.8) is 0 Å². The highest BCUT2D eigenvalue weighted by molar-refractivity contribution is 9.10. The van der Waals surface area contributed by atoms with Gasteiger partial charge in [0, 0.05) is 6.07 Å². The molecule has 0 spiro atoms. The number of hydrogen-bond donors (Lipinski definition) is 0. The number of nitrogens with zero attached hydrogens (tertiary/aromatic N) is 2. The summed E-state index contributed by atoms with van der Waals surface area (Å²) in [5.41, 5.74) is -0.0588. The molecule has 72 valence electrons. The van der Waals surface area contributed by atoms with E-state index in [1.165, 1.54) is 18.4 Å². The third-order valence-corrected chi connectivity index (χ3v) is 2.56. The van der Waals surface area contributed by atoms with Gasteiger partial charge >= 0.3 is 0 Å². The molecule has 0 fully saturated rings. The SMILES string of the molecule is N#COSc1ccc(Br)c([N+](=O)[O-])c1. The van der Waals surface area contributed by atoms with Gasteiger partial charge in [-0.1, -0.05) is 0 Å². The molecular formula is C7H3BrN2O3S. The summed E-state index contributed by atoms with van der Waals surface area (Å²) in [6.07, 6.45) is 1.46. The van der Waals surface area contributed by atoms with Crippen molar-refractivity contribution in [1.82, 2.24) is 0 Å². The predicted molar refractivity (Wildman–Crippen MR) is 53.4 cm³/mol. The average molecular weight is 275 g/mol. The van der Waals surface area contributed by atoms with Gasteiger partial charge < -0.3 is 4.18 Å². The zero-order valence-corrected chi connectivity index (χ0v) is 9.04. The molecule has 1 aromatic rings. The Hall–Kier alpha value is -1.26. The average Bonchev–Trinajstić information content (AvgIpc) is 2.16. The fourth-order valence-corrected chi connectivity index (χ4v) is 1.56. The van der Waals surface area contributed by atoms with Crippen LogP contribution in [0.25, 0.3) is 0 Å². The molecule has 0 aromatic heterocycles. The molecule has 0 unspecified atom stereocenters. The Morgan fingerprint density at radius 3 is 2.93 bits per heavy atom. The van der Waals surface area contributed by atoms with Crippen LogP contribution in [0.3, 0.4) is 0 Å². The Bertz CT molecular complexity index is 404. The maximum Gasteiger partial charge on any atom is 0.300 e. The topological polar surface area (TPSA) is 76.2 Å². The van der Waals surface area contributed by atoms with Crippen molar-refractivity contribution in [1.29, 1.82) is 5.26 Å². The van der Waals surface area contributed by atoms with Crippen LogP contribution in [-0.2, 0) is 4.18 Å². The van der Waals surface area contributed by atoms with Gasteiger partial charge in [-0.05, 0) is 28.1 Å². The van der Waals surface area contributed by atoms with Gasteiger partial charge in [0.15, 0.2) is 0 Å². The Morgan fingerprint density at radius 2 is 2.36 bits per heavy atom. The second kappa shape index (κ2) is 4.83. The molecule has 1 rings (SSSR count). The van der Waals surface area contributed by atoms with Crippen LogP contribution in [0.4, 0.5) is 5.69 Å². The minimum atomic E-state index is -0.513. The molecule has 7 heteroatoms. The van der Waals surface area contributed by atoms with E-state index in [-0.39, 0.29) is 5.69 Å². The van der Waals surface area contributed by atoms with E-state index in [2.05, 4.69) is 20.1 Å². The summed E-state index contributed by atoms with van der Waals surface area (Å²) in [4.78, 5) is 10.5. The molecule has 0 saturated carbocycles. The van der Waals surface area contributed by atoms with Crippen LogP contribution >= 0.6 is 28.0 Å². The van der Waals surface area contributed by atoms with Crippen molar-refractivity contribution in [2.24, 2.45) is 0 Å². The third-order valence-electron chi connectivity index (χ3n) is 1.29. The van der Waals surface area contributed by atoms with E-state index in [1.807, 2.05) is 0 Å². The van der Waals surface area contributed by atoms with Crippen LogP contribution in [0.5, 0.6) is 0 Å². The summed E-state index contributed by atoms with van der Waals surface area (Å²) < 4.78 is 4.77. The quantitative estimate of drug-likeness (QED) is 0.367. The lowest BCUT2D eigenvalue weighted by Crippen LogP contribution is -1.89. The van der Waals surface area contributed by atoms with Gasteiger partial charge in [-0.25, -0.2) is 0 Å². The number of rotatable bonds is 3.